The highest BCUT2D eigenvalue weighted by Gasteiger charge is 1.93. The molecule has 0 rings (SSSR count). The van der Waals surface area contributed by atoms with E-state index in [2.05, 4.69) is 19.9 Å². The summed E-state index contributed by atoms with van der Waals surface area (Å²) in [6.45, 7) is 4.28. The number of unbranched alkanes of at least 4 members (excludes halogenated alkanes) is 7. The number of hydrogen-bond acceptors (Lipinski definition) is 2. The van der Waals surface area contributed by atoms with E-state index in [-0.39, 0.29) is 0 Å². The summed E-state index contributed by atoms with van der Waals surface area (Å²) in [6, 6.07) is 2.13. The molecule has 0 aromatic heterocycles. The minimum absolute atomic E-state index is 0.333. The molecule has 0 unspecified atom stereocenters. The van der Waals surface area contributed by atoms with Gasteiger partial charge in [-0.2, -0.15) is 5.26 Å². The van der Waals surface area contributed by atoms with Crippen LogP contribution in [0.4, 0.5) is 0 Å². The second kappa shape index (κ2) is 17.4. The van der Waals surface area contributed by atoms with Gasteiger partial charge in [0.1, 0.15) is 0 Å². The number of carboxylic acids is 1. The van der Waals surface area contributed by atoms with Gasteiger partial charge < -0.3 is 5.11 Å². The van der Waals surface area contributed by atoms with Crippen LogP contribution in [0.2, 0.25) is 0 Å². The molecule has 0 aliphatic heterocycles. The highest BCUT2D eigenvalue weighted by atomic mass is 16.4. The van der Waals surface area contributed by atoms with Crippen molar-refractivity contribution >= 4 is 5.97 Å². The summed E-state index contributed by atoms with van der Waals surface area (Å²) in [4.78, 5) is 9.96. The van der Waals surface area contributed by atoms with Crippen LogP contribution in [0.1, 0.15) is 78.1 Å². The van der Waals surface area contributed by atoms with Gasteiger partial charge in [0.2, 0.25) is 0 Å². The van der Waals surface area contributed by atoms with Gasteiger partial charge in [0.05, 0.1) is 6.07 Å². The highest BCUT2D eigenvalue weighted by molar-refractivity contribution is 5.66. The quantitative estimate of drug-likeness (QED) is 0.603. The molecule has 0 aliphatic rings. The minimum Gasteiger partial charge on any atom is -0.481 e. The molecule has 3 nitrogen and oxygen atoms in total. The number of hydrogen-bond donors (Lipinski definition) is 1. The van der Waals surface area contributed by atoms with Crippen LogP contribution < -0.4 is 0 Å². The Morgan fingerprint density at radius 3 is 1.94 bits per heavy atom. The topological polar surface area (TPSA) is 61.1 Å². The zero-order valence-electron chi connectivity index (χ0n) is 11.4. The Morgan fingerprint density at radius 2 is 1.53 bits per heavy atom. The largest absolute Gasteiger partial charge is 0.481 e. The van der Waals surface area contributed by atoms with Gasteiger partial charge in [0, 0.05) is 12.8 Å². The van der Waals surface area contributed by atoms with Crippen molar-refractivity contribution in [2.75, 3.05) is 0 Å². The highest BCUT2D eigenvalue weighted by Crippen LogP contribution is 2.01. The summed E-state index contributed by atoms with van der Waals surface area (Å²) < 4.78 is 0. The fourth-order valence-corrected chi connectivity index (χ4v) is 1.33. The van der Waals surface area contributed by atoms with Crippen molar-refractivity contribution in [3.8, 4) is 6.07 Å². The average molecular weight is 241 g/mol. The third-order valence-corrected chi connectivity index (χ3v) is 2.39. The molecular weight excluding hydrogens is 214 g/mol. The standard InChI is InChI=1S/C7H13N.C7H14O2/c1-2-3-4-5-6-7-8;1-2-3-4-5-6-7(8)9/h2-6H2,1H3;2-6H2,1H3,(H,8,9). The fourth-order valence-electron chi connectivity index (χ4n) is 1.33. The monoisotopic (exact) mass is 241 g/mol. The summed E-state index contributed by atoms with van der Waals surface area (Å²) in [5, 5.41) is 16.3. The van der Waals surface area contributed by atoms with Gasteiger partial charge in [0.25, 0.3) is 0 Å². The van der Waals surface area contributed by atoms with Crippen LogP contribution in [0.5, 0.6) is 0 Å². The molecule has 0 saturated carbocycles. The normalized spacial score (nSPS) is 9.00. The Balaban J connectivity index is 0. The van der Waals surface area contributed by atoms with E-state index >= 15 is 0 Å². The van der Waals surface area contributed by atoms with Crippen molar-refractivity contribution in [2.45, 2.75) is 78.1 Å². The third-order valence-electron chi connectivity index (χ3n) is 2.39. The van der Waals surface area contributed by atoms with Crippen molar-refractivity contribution in [1.29, 1.82) is 5.26 Å². The Morgan fingerprint density at radius 1 is 1.00 bits per heavy atom. The first-order valence-electron chi connectivity index (χ1n) is 6.77. The molecule has 0 fully saturated rings. The number of rotatable bonds is 9. The van der Waals surface area contributed by atoms with Crippen molar-refractivity contribution in [3.05, 3.63) is 0 Å². The Kier molecular flexibility index (Phi) is 18.7. The Labute approximate surface area is 106 Å². The van der Waals surface area contributed by atoms with Crippen molar-refractivity contribution in [3.63, 3.8) is 0 Å². The molecule has 17 heavy (non-hydrogen) atoms. The average Bonchev–Trinajstić information content (AvgIpc) is 2.31. The van der Waals surface area contributed by atoms with Crippen LogP contribution in [0.15, 0.2) is 0 Å². The summed E-state index contributed by atoms with van der Waals surface area (Å²) in [7, 11) is 0. The summed E-state index contributed by atoms with van der Waals surface area (Å²) in [5.74, 6) is -0.675. The molecule has 0 atom stereocenters. The van der Waals surface area contributed by atoms with Crippen LogP contribution in [0.25, 0.3) is 0 Å². The van der Waals surface area contributed by atoms with Gasteiger partial charge in [-0.25, -0.2) is 0 Å². The summed E-state index contributed by atoms with van der Waals surface area (Å²) >= 11 is 0. The van der Waals surface area contributed by atoms with E-state index in [0.29, 0.717) is 6.42 Å². The molecule has 0 radical (unpaired) electrons. The molecule has 0 heterocycles. The minimum atomic E-state index is -0.675. The van der Waals surface area contributed by atoms with Gasteiger partial charge in [-0.1, -0.05) is 52.4 Å². The van der Waals surface area contributed by atoms with Gasteiger partial charge >= 0.3 is 5.97 Å². The van der Waals surface area contributed by atoms with Gasteiger partial charge in [-0.3, -0.25) is 4.79 Å². The zero-order chi connectivity index (χ0) is 13.4. The van der Waals surface area contributed by atoms with E-state index in [0.717, 1.165) is 32.1 Å². The maximum Gasteiger partial charge on any atom is 0.303 e. The molecule has 0 aliphatic carbocycles. The maximum atomic E-state index is 9.96. The van der Waals surface area contributed by atoms with Crippen LogP contribution in [-0.2, 0) is 4.79 Å². The first-order valence-corrected chi connectivity index (χ1v) is 6.77. The van der Waals surface area contributed by atoms with Crippen molar-refractivity contribution in [2.24, 2.45) is 0 Å². The van der Waals surface area contributed by atoms with Crippen LogP contribution in [0.3, 0.4) is 0 Å². The summed E-state index contributed by atoms with van der Waals surface area (Å²) in [5.41, 5.74) is 0. The first-order chi connectivity index (χ1) is 8.18. The zero-order valence-corrected chi connectivity index (χ0v) is 11.4. The van der Waals surface area contributed by atoms with E-state index in [1.165, 1.54) is 25.7 Å². The number of carboxylic acid groups (broad SMARTS) is 1. The van der Waals surface area contributed by atoms with Gasteiger partial charge in [-0.05, 0) is 12.8 Å². The van der Waals surface area contributed by atoms with E-state index in [4.69, 9.17) is 10.4 Å². The number of nitriles is 1. The lowest BCUT2D eigenvalue weighted by Crippen LogP contribution is -1.92. The molecule has 1 N–H and O–H groups in total. The summed E-state index contributed by atoms with van der Waals surface area (Å²) in [6.07, 6.45) is 10.1. The molecule has 0 saturated heterocycles. The SMILES string of the molecule is CCCCCCC#N.CCCCCCC(=O)O. The lowest BCUT2D eigenvalue weighted by Gasteiger charge is -1.92. The molecule has 0 amide bonds. The number of carbonyl (C=O) groups is 1. The Hall–Kier alpha value is -1.04. The second-order valence-electron chi connectivity index (χ2n) is 4.17. The van der Waals surface area contributed by atoms with Crippen LogP contribution in [0, 0.1) is 11.3 Å². The van der Waals surface area contributed by atoms with Crippen molar-refractivity contribution < 1.29 is 9.90 Å². The fraction of sp³-hybridized carbons (Fsp3) is 0.857. The molecule has 0 aromatic carbocycles. The predicted molar refractivity (Wildman–Crippen MR) is 70.8 cm³/mol. The van der Waals surface area contributed by atoms with Gasteiger partial charge in [0.15, 0.2) is 0 Å². The molecule has 3 heteroatoms. The Bertz CT molecular complexity index is 197. The third kappa shape index (κ3) is 25.3. The lowest BCUT2D eigenvalue weighted by molar-refractivity contribution is -0.137. The molecule has 0 bridgehead atoms. The smallest absolute Gasteiger partial charge is 0.303 e. The molecule has 0 spiro atoms. The van der Waals surface area contributed by atoms with E-state index in [9.17, 15) is 4.79 Å². The van der Waals surface area contributed by atoms with E-state index < -0.39 is 5.97 Å². The van der Waals surface area contributed by atoms with Gasteiger partial charge in [-0.15, -0.1) is 0 Å². The molecule has 0 aromatic rings. The number of nitrogens with zero attached hydrogens (tertiary/aromatic N) is 1. The molecule has 100 valence electrons. The van der Waals surface area contributed by atoms with Crippen molar-refractivity contribution in [1.82, 2.24) is 0 Å². The first kappa shape index (κ1) is 18.3. The van der Waals surface area contributed by atoms with E-state index in [1.54, 1.807) is 0 Å². The van der Waals surface area contributed by atoms with Crippen LogP contribution >= 0.6 is 0 Å². The molecular formula is C14H27NO2. The number of aliphatic carboxylic acids is 1. The lowest BCUT2D eigenvalue weighted by atomic mass is 10.2. The van der Waals surface area contributed by atoms with Crippen LogP contribution in [-0.4, -0.2) is 11.1 Å². The maximum absolute atomic E-state index is 9.96. The predicted octanol–water partition coefficient (Wildman–Crippen LogP) is 4.52. The van der Waals surface area contributed by atoms with E-state index in [1.807, 2.05) is 0 Å². The second-order valence-corrected chi connectivity index (χ2v) is 4.17.